The fraction of sp³-hybridized carbons (Fsp3) is 0.188. The van der Waals surface area contributed by atoms with Crippen molar-refractivity contribution in [2.75, 3.05) is 11.9 Å². The molecule has 2 rings (SSSR count). The van der Waals surface area contributed by atoms with Gasteiger partial charge in [-0.3, -0.25) is 4.79 Å². The first-order valence-corrected chi connectivity index (χ1v) is 7.52. The summed E-state index contributed by atoms with van der Waals surface area (Å²) in [6, 6.07) is 17.2. The van der Waals surface area contributed by atoms with Gasteiger partial charge in [0.25, 0.3) is 0 Å². The van der Waals surface area contributed by atoms with Crippen LogP contribution in [0.25, 0.3) is 0 Å². The summed E-state index contributed by atoms with van der Waals surface area (Å²) in [5.41, 5.74) is 1.98. The molecule has 1 N–H and O–H groups in total. The van der Waals surface area contributed by atoms with E-state index < -0.39 is 0 Å². The van der Waals surface area contributed by atoms with Crippen LogP contribution in [0.15, 0.2) is 54.6 Å². The highest BCUT2D eigenvalue weighted by molar-refractivity contribution is 9.08. The van der Waals surface area contributed by atoms with Crippen LogP contribution in [0, 0.1) is 0 Å². The molecule has 3 nitrogen and oxygen atoms in total. The van der Waals surface area contributed by atoms with E-state index in [1.807, 2.05) is 54.6 Å². The Hall–Kier alpha value is -1.81. The number of carbonyl (C=O) groups is 1. The number of nitrogens with one attached hydrogen (secondary N) is 1. The average Bonchev–Trinajstić information content (AvgIpc) is 2.49. The number of carbonyl (C=O) groups excluding carboxylic acids is 1. The lowest BCUT2D eigenvalue weighted by Gasteiger charge is -2.07. The molecule has 0 fully saturated rings. The van der Waals surface area contributed by atoms with E-state index in [1.165, 1.54) is 5.56 Å². The number of benzene rings is 2. The fourth-order valence-electron chi connectivity index (χ4n) is 1.68. The first-order chi connectivity index (χ1) is 9.78. The number of hydrogen-bond donors (Lipinski definition) is 1. The minimum atomic E-state index is -0.0486. The zero-order chi connectivity index (χ0) is 14.2. The molecule has 0 saturated carbocycles. The molecule has 20 heavy (non-hydrogen) atoms. The Morgan fingerprint density at radius 2 is 1.75 bits per heavy atom. The van der Waals surface area contributed by atoms with Crippen LogP contribution in [0.4, 0.5) is 5.69 Å². The Morgan fingerprint density at radius 1 is 1.05 bits per heavy atom. The molecule has 0 aliphatic carbocycles. The molecule has 104 valence electrons. The summed E-state index contributed by atoms with van der Waals surface area (Å²) in [7, 11) is 0. The van der Waals surface area contributed by atoms with Gasteiger partial charge in [0.2, 0.25) is 5.91 Å². The van der Waals surface area contributed by atoms with E-state index in [-0.39, 0.29) is 5.91 Å². The van der Waals surface area contributed by atoms with Crippen LogP contribution in [0.5, 0.6) is 5.75 Å². The highest BCUT2D eigenvalue weighted by Crippen LogP contribution is 2.12. The maximum atomic E-state index is 11.8. The van der Waals surface area contributed by atoms with Gasteiger partial charge in [0.15, 0.2) is 0 Å². The quantitative estimate of drug-likeness (QED) is 0.811. The van der Waals surface area contributed by atoms with Crippen molar-refractivity contribution in [1.29, 1.82) is 0 Å². The molecule has 2 aromatic rings. The molecule has 0 atom stereocenters. The molecule has 4 heteroatoms. The zero-order valence-electron chi connectivity index (χ0n) is 11.0. The molecule has 0 aromatic heterocycles. The van der Waals surface area contributed by atoms with Gasteiger partial charge >= 0.3 is 0 Å². The average molecular weight is 334 g/mol. The van der Waals surface area contributed by atoms with Gasteiger partial charge in [-0.2, -0.15) is 0 Å². The monoisotopic (exact) mass is 333 g/mol. The van der Waals surface area contributed by atoms with Crippen molar-refractivity contribution >= 4 is 27.5 Å². The molecule has 0 aliphatic rings. The normalized spacial score (nSPS) is 10.1. The third kappa shape index (κ3) is 4.70. The number of halogens is 1. The van der Waals surface area contributed by atoms with Crippen LogP contribution in [0.1, 0.15) is 12.0 Å². The summed E-state index contributed by atoms with van der Waals surface area (Å²) in [5, 5.41) is 3.66. The lowest BCUT2D eigenvalue weighted by molar-refractivity contribution is -0.116. The molecular formula is C16H16BrNO2. The number of hydrogen-bond acceptors (Lipinski definition) is 2. The van der Waals surface area contributed by atoms with Crippen molar-refractivity contribution in [2.24, 2.45) is 0 Å². The molecule has 0 heterocycles. The number of para-hydroxylation sites is 1. The molecule has 0 aliphatic heterocycles. The Labute approximate surface area is 127 Å². The van der Waals surface area contributed by atoms with E-state index in [0.717, 1.165) is 16.8 Å². The van der Waals surface area contributed by atoms with Gasteiger partial charge < -0.3 is 10.1 Å². The zero-order valence-corrected chi connectivity index (χ0v) is 12.6. The van der Waals surface area contributed by atoms with E-state index in [9.17, 15) is 4.79 Å². The Morgan fingerprint density at radius 3 is 2.40 bits per heavy atom. The second-order valence-corrected chi connectivity index (χ2v) is 4.85. The second kappa shape index (κ2) is 7.70. The minimum Gasteiger partial charge on any atom is -0.493 e. The lowest BCUT2D eigenvalue weighted by atomic mass is 10.2. The smallest absolute Gasteiger partial charge is 0.227 e. The van der Waals surface area contributed by atoms with Crippen LogP contribution in [-0.4, -0.2) is 12.5 Å². The van der Waals surface area contributed by atoms with Crippen molar-refractivity contribution in [3.8, 4) is 5.75 Å². The second-order valence-electron chi connectivity index (χ2n) is 4.29. The summed E-state index contributed by atoms with van der Waals surface area (Å²) in [6.45, 7) is 0.370. The van der Waals surface area contributed by atoms with Gasteiger partial charge in [-0.15, -0.1) is 0 Å². The fourth-order valence-corrected chi connectivity index (χ4v) is 2.05. The number of rotatable bonds is 6. The molecule has 0 radical (unpaired) electrons. The summed E-state index contributed by atoms with van der Waals surface area (Å²) < 4.78 is 5.48. The number of alkyl halides is 1. The molecule has 0 spiro atoms. The van der Waals surface area contributed by atoms with Crippen LogP contribution in [0.3, 0.4) is 0 Å². The molecule has 2 aromatic carbocycles. The van der Waals surface area contributed by atoms with E-state index in [2.05, 4.69) is 21.2 Å². The van der Waals surface area contributed by atoms with Crippen molar-refractivity contribution in [2.45, 2.75) is 11.8 Å². The van der Waals surface area contributed by atoms with Gasteiger partial charge in [0.1, 0.15) is 5.75 Å². The Balaban J connectivity index is 1.74. The van der Waals surface area contributed by atoms with Crippen molar-refractivity contribution in [3.63, 3.8) is 0 Å². The summed E-state index contributed by atoms with van der Waals surface area (Å²) in [4.78, 5) is 11.8. The number of amides is 1. The Kier molecular flexibility index (Phi) is 5.62. The van der Waals surface area contributed by atoms with E-state index in [4.69, 9.17) is 4.74 Å². The van der Waals surface area contributed by atoms with Gasteiger partial charge in [-0.25, -0.2) is 0 Å². The number of anilines is 1. The highest BCUT2D eigenvalue weighted by atomic mass is 79.9. The Bertz CT molecular complexity index is 540. The molecule has 0 unspecified atom stereocenters. The predicted molar refractivity (Wildman–Crippen MR) is 84.3 cm³/mol. The van der Waals surface area contributed by atoms with Crippen molar-refractivity contribution in [1.82, 2.24) is 0 Å². The van der Waals surface area contributed by atoms with Gasteiger partial charge in [0.05, 0.1) is 13.0 Å². The van der Waals surface area contributed by atoms with Crippen LogP contribution in [0.2, 0.25) is 0 Å². The lowest BCUT2D eigenvalue weighted by Crippen LogP contribution is -2.15. The summed E-state index contributed by atoms with van der Waals surface area (Å²) in [5.74, 6) is 0.731. The third-order valence-electron chi connectivity index (χ3n) is 2.73. The van der Waals surface area contributed by atoms with E-state index in [0.29, 0.717) is 13.0 Å². The van der Waals surface area contributed by atoms with E-state index >= 15 is 0 Å². The molecule has 1 amide bonds. The van der Waals surface area contributed by atoms with Gasteiger partial charge in [-0.1, -0.05) is 46.3 Å². The highest BCUT2D eigenvalue weighted by Gasteiger charge is 2.03. The van der Waals surface area contributed by atoms with Crippen molar-refractivity contribution < 1.29 is 9.53 Å². The first-order valence-electron chi connectivity index (χ1n) is 6.40. The van der Waals surface area contributed by atoms with Gasteiger partial charge in [-0.05, 0) is 29.8 Å². The van der Waals surface area contributed by atoms with Crippen molar-refractivity contribution in [3.05, 3.63) is 60.2 Å². The molecule has 0 saturated heterocycles. The minimum absolute atomic E-state index is 0.0486. The maximum absolute atomic E-state index is 11.8. The number of ether oxygens (including phenoxy) is 1. The summed E-state index contributed by atoms with van der Waals surface area (Å²) in [6.07, 6.45) is 0.328. The van der Waals surface area contributed by atoms with Crippen LogP contribution < -0.4 is 10.1 Å². The largest absolute Gasteiger partial charge is 0.493 e. The van der Waals surface area contributed by atoms with Gasteiger partial charge in [0, 0.05) is 11.0 Å². The SMILES string of the molecule is O=C(CCOc1ccccc1)Nc1ccc(CBr)cc1. The third-order valence-corrected chi connectivity index (χ3v) is 3.38. The predicted octanol–water partition coefficient (Wildman–Crippen LogP) is 3.99. The first kappa shape index (κ1) is 14.6. The van der Waals surface area contributed by atoms with Crippen LogP contribution in [-0.2, 0) is 10.1 Å². The van der Waals surface area contributed by atoms with E-state index in [1.54, 1.807) is 0 Å². The molecular weight excluding hydrogens is 318 g/mol. The van der Waals surface area contributed by atoms with Crippen LogP contribution >= 0.6 is 15.9 Å². The standard InChI is InChI=1S/C16H16BrNO2/c17-12-13-6-8-14(9-7-13)18-16(19)10-11-20-15-4-2-1-3-5-15/h1-9H,10-12H2,(H,18,19). The summed E-state index contributed by atoms with van der Waals surface area (Å²) >= 11 is 3.39. The topological polar surface area (TPSA) is 38.3 Å². The molecule has 0 bridgehead atoms. The maximum Gasteiger partial charge on any atom is 0.227 e.